The zero-order valence-electron chi connectivity index (χ0n) is 10.8. The van der Waals surface area contributed by atoms with E-state index in [1.54, 1.807) is 0 Å². The highest BCUT2D eigenvalue weighted by atomic mass is 15.0. The van der Waals surface area contributed by atoms with Gasteiger partial charge in [-0.25, -0.2) is 9.97 Å². The third-order valence-corrected chi connectivity index (χ3v) is 4.13. The van der Waals surface area contributed by atoms with E-state index in [1.807, 2.05) is 7.05 Å². The molecule has 2 aliphatic carbocycles. The highest BCUT2D eigenvalue weighted by molar-refractivity contribution is 5.47. The van der Waals surface area contributed by atoms with Crippen LogP contribution in [-0.4, -0.2) is 17.0 Å². The lowest BCUT2D eigenvalue weighted by Gasteiger charge is -2.12. The van der Waals surface area contributed by atoms with Crippen molar-refractivity contribution in [3.05, 3.63) is 17.1 Å². The second kappa shape index (κ2) is 4.28. The van der Waals surface area contributed by atoms with Crippen LogP contribution in [0, 0.1) is 5.92 Å². The van der Waals surface area contributed by atoms with Crippen molar-refractivity contribution >= 4 is 5.82 Å². The Labute approximate surface area is 103 Å². The minimum atomic E-state index is 0.621. The van der Waals surface area contributed by atoms with Crippen LogP contribution in [0.4, 0.5) is 5.82 Å². The second-order valence-electron chi connectivity index (χ2n) is 5.49. The zero-order chi connectivity index (χ0) is 11.8. The molecular weight excluding hydrogens is 210 g/mol. The minimum Gasteiger partial charge on any atom is -0.373 e. The lowest BCUT2D eigenvalue weighted by atomic mass is 10.1. The van der Waals surface area contributed by atoms with E-state index in [0.717, 1.165) is 30.4 Å². The van der Waals surface area contributed by atoms with E-state index >= 15 is 0 Å². The van der Waals surface area contributed by atoms with Gasteiger partial charge in [-0.2, -0.15) is 0 Å². The maximum Gasteiger partial charge on any atom is 0.134 e. The average Bonchev–Trinajstić information content (AvgIpc) is 3.09. The first-order valence-electron chi connectivity index (χ1n) is 6.87. The number of anilines is 1. The molecule has 3 rings (SSSR count). The van der Waals surface area contributed by atoms with Crippen LogP contribution in [0.5, 0.6) is 0 Å². The van der Waals surface area contributed by atoms with Crippen molar-refractivity contribution in [3.63, 3.8) is 0 Å². The van der Waals surface area contributed by atoms with Gasteiger partial charge in [-0.1, -0.05) is 13.3 Å². The number of nitrogens with zero attached hydrogens (tertiary/aromatic N) is 2. The molecule has 0 radical (unpaired) electrons. The Bertz CT molecular complexity index is 428. The van der Waals surface area contributed by atoms with E-state index in [4.69, 9.17) is 9.97 Å². The van der Waals surface area contributed by atoms with Crippen LogP contribution in [0.15, 0.2) is 0 Å². The minimum absolute atomic E-state index is 0.621. The van der Waals surface area contributed by atoms with Gasteiger partial charge in [-0.05, 0) is 38.0 Å². The van der Waals surface area contributed by atoms with Gasteiger partial charge in [0, 0.05) is 24.2 Å². The Hall–Kier alpha value is -1.12. The summed E-state index contributed by atoms with van der Waals surface area (Å²) in [5.41, 5.74) is 2.69. The Kier molecular flexibility index (Phi) is 2.77. The average molecular weight is 231 g/mol. The molecule has 0 aromatic carbocycles. The van der Waals surface area contributed by atoms with Gasteiger partial charge in [0.2, 0.25) is 0 Å². The van der Waals surface area contributed by atoms with Crippen LogP contribution in [0.25, 0.3) is 0 Å². The van der Waals surface area contributed by atoms with E-state index in [-0.39, 0.29) is 0 Å². The van der Waals surface area contributed by atoms with Crippen LogP contribution in [0.2, 0.25) is 0 Å². The van der Waals surface area contributed by atoms with Crippen LogP contribution in [0.1, 0.15) is 55.6 Å². The maximum atomic E-state index is 4.84. The van der Waals surface area contributed by atoms with Crippen molar-refractivity contribution in [2.24, 2.45) is 5.92 Å². The molecule has 0 bridgehead atoms. The van der Waals surface area contributed by atoms with Gasteiger partial charge in [-0.3, -0.25) is 0 Å². The smallest absolute Gasteiger partial charge is 0.134 e. The first-order chi connectivity index (χ1) is 8.29. The number of hydrogen-bond donors (Lipinski definition) is 1. The molecule has 1 aromatic heterocycles. The quantitative estimate of drug-likeness (QED) is 0.795. The van der Waals surface area contributed by atoms with E-state index in [1.165, 1.54) is 36.9 Å². The summed E-state index contributed by atoms with van der Waals surface area (Å²) < 4.78 is 0. The number of hydrogen-bond acceptors (Lipinski definition) is 3. The van der Waals surface area contributed by atoms with E-state index in [2.05, 4.69) is 12.2 Å². The number of aryl methyl sites for hydroxylation is 1. The molecule has 0 amide bonds. The van der Waals surface area contributed by atoms with Crippen molar-refractivity contribution in [2.45, 2.75) is 51.4 Å². The Morgan fingerprint density at radius 3 is 2.59 bits per heavy atom. The lowest BCUT2D eigenvalue weighted by molar-refractivity contribution is 0.707. The van der Waals surface area contributed by atoms with Crippen molar-refractivity contribution in [3.8, 4) is 0 Å². The summed E-state index contributed by atoms with van der Waals surface area (Å²) in [5.74, 6) is 3.58. The molecule has 3 nitrogen and oxygen atoms in total. The van der Waals surface area contributed by atoms with Crippen molar-refractivity contribution in [1.82, 2.24) is 9.97 Å². The molecule has 2 unspecified atom stereocenters. The molecule has 2 aliphatic rings. The molecule has 1 heterocycles. The SMILES string of the molecule is CNc1nc(C2CC2C)nc2c1CCCCC2. The van der Waals surface area contributed by atoms with Crippen molar-refractivity contribution < 1.29 is 0 Å². The Morgan fingerprint density at radius 2 is 1.88 bits per heavy atom. The van der Waals surface area contributed by atoms with E-state index in [9.17, 15) is 0 Å². The van der Waals surface area contributed by atoms with E-state index in [0.29, 0.717) is 5.92 Å². The maximum absolute atomic E-state index is 4.84. The summed E-state index contributed by atoms with van der Waals surface area (Å²) in [7, 11) is 1.98. The zero-order valence-corrected chi connectivity index (χ0v) is 10.8. The van der Waals surface area contributed by atoms with Gasteiger partial charge in [0.05, 0.1) is 0 Å². The summed E-state index contributed by atoms with van der Waals surface area (Å²) in [5, 5.41) is 3.27. The van der Waals surface area contributed by atoms with Gasteiger partial charge in [0.15, 0.2) is 0 Å². The largest absolute Gasteiger partial charge is 0.373 e. The first-order valence-corrected chi connectivity index (χ1v) is 6.87. The normalized spacial score (nSPS) is 27.2. The predicted molar refractivity (Wildman–Crippen MR) is 69.4 cm³/mol. The second-order valence-corrected chi connectivity index (χ2v) is 5.49. The van der Waals surface area contributed by atoms with Gasteiger partial charge in [0.25, 0.3) is 0 Å². The first kappa shape index (κ1) is 11.0. The van der Waals surface area contributed by atoms with E-state index < -0.39 is 0 Å². The van der Waals surface area contributed by atoms with Gasteiger partial charge < -0.3 is 5.32 Å². The molecular formula is C14H21N3. The fourth-order valence-corrected chi connectivity index (χ4v) is 2.84. The van der Waals surface area contributed by atoms with Crippen molar-refractivity contribution in [1.29, 1.82) is 0 Å². The number of rotatable bonds is 2. The Balaban J connectivity index is 2.01. The summed E-state index contributed by atoms with van der Waals surface area (Å²) >= 11 is 0. The third-order valence-electron chi connectivity index (χ3n) is 4.13. The Morgan fingerprint density at radius 1 is 1.12 bits per heavy atom. The van der Waals surface area contributed by atoms with Crippen LogP contribution in [0.3, 0.4) is 0 Å². The summed E-state index contributed by atoms with van der Waals surface area (Å²) in [6, 6.07) is 0. The molecule has 2 atom stereocenters. The van der Waals surface area contributed by atoms with Crippen molar-refractivity contribution in [2.75, 3.05) is 12.4 Å². The summed E-state index contributed by atoms with van der Waals surface area (Å²) in [6.45, 7) is 2.29. The van der Waals surface area contributed by atoms with Gasteiger partial charge in [0.1, 0.15) is 11.6 Å². The number of aromatic nitrogens is 2. The number of nitrogens with one attached hydrogen (secondary N) is 1. The molecule has 1 fully saturated rings. The summed E-state index contributed by atoms with van der Waals surface area (Å²) in [4.78, 5) is 9.58. The predicted octanol–water partition coefficient (Wildman–Crippen LogP) is 2.91. The molecule has 1 N–H and O–H groups in total. The molecule has 3 heteroatoms. The van der Waals surface area contributed by atoms with Crippen LogP contribution >= 0.6 is 0 Å². The monoisotopic (exact) mass is 231 g/mol. The molecule has 0 saturated heterocycles. The summed E-state index contributed by atoms with van der Waals surface area (Å²) in [6.07, 6.45) is 7.44. The molecule has 0 aliphatic heterocycles. The fraction of sp³-hybridized carbons (Fsp3) is 0.714. The van der Waals surface area contributed by atoms with Gasteiger partial charge >= 0.3 is 0 Å². The molecule has 1 aromatic rings. The van der Waals surface area contributed by atoms with Crippen LogP contribution in [-0.2, 0) is 12.8 Å². The topological polar surface area (TPSA) is 37.8 Å². The molecule has 1 saturated carbocycles. The molecule has 17 heavy (non-hydrogen) atoms. The highest BCUT2D eigenvalue weighted by Gasteiger charge is 2.37. The standard InChI is InChI=1S/C14H21N3/c1-9-8-11(9)14-16-12-7-5-3-4-6-10(12)13(15-2)17-14/h9,11H,3-8H2,1-2H3,(H,15,16,17). The number of fused-ring (bicyclic) bond motifs is 1. The van der Waals surface area contributed by atoms with Crippen LogP contribution < -0.4 is 5.32 Å². The highest BCUT2D eigenvalue weighted by Crippen LogP contribution is 2.46. The lowest BCUT2D eigenvalue weighted by Crippen LogP contribution is -2.08. The molecule has 0 spiro atoms. The fourth-order valence-electron chi connectivity index (χ4n) is 2.84. The third kappa shape index (κ3) is 2.03. The van der Waals surface area contributed by atoms with Gasteiger partial charge in [-0.15, -0.1) is 0 Å². The molecule has 92 valence electrons.